The highest BCUT2D eigenvalue weighted by molar-refractivity contribution is 6.31. The molecule has 0 fully saturated rings. The Morgan fingerprint density at radius 2 is 2.00 bits per heavy atom. The second kappa shape index (κ2) is 6.74. The number of rotatable bonds is 4. The summed E-state index contributed by atoms with van der Waals surface area (Å²) < 4.78 is 0. The summed E-state index contributed by atoms with van der Waals surface area (Å²) in [5, 5.41) is 20.2. The van der Waals surface area contributed by atoms with Crippen LogP contribution in [0.15, 0.2) is 36.4 Å². The molecule has 3 aromatic rings. The molecule has 0 saturated heterocycles. The van der Waals surface area contributed by atoms with E-state index in [9.17, 15) is 4.79 Å². The van der Waals surface area contributed by atoms with Gasteiger partial charge in [-0.25, -0.2) is 0 Å². The van der Waals surface area contributed by atoms with Gasteiger partial charge in [0.1, 0.15) is 17.1 Å². The predicted octanol–water partition coefficient (Wildman–Crippen LogP) is 2.68. The highest BCUT2D eigenvalue weighted by Crippen LogP contribution is 2.20. The van der Waals surface area contributed by atoms with Gasteiger partial charge in [0.25, 0.3) is 5.91 Å². The highest BCUT2D eigenvalue weighted by Gasteiger charge is 2.11. The molecule has 120 valence electrons. The van der Waals surface area contributed by atoms with Crippen molar-refractivity contribution in [3.63, 3.8) is 0 Å². The lowest BCUT2D eigenvalue weighted by Crippen LogP contribution is -2.26. The number of nitriles is 1. The third-order valence-corrected chi connectivity index (χ3v) is 3.54. The van der Waals surface area contributed by atoms with Crippen LogP contribution in [-0.4, -0.2) is 27.7 Å². The molecule has 1 heterocycles. The van der Waals surface area contributed by atoms with Gasteiger partial charge in [-0.3, -0.25) is 4.79 Å². The van der Waals surface area contributed by atoms with Crippen LogP contribution < -0.4 is 10.2 Å². The van der Waals surface area contributed by atoms with Crippen LogP contribution in [-0.2, 0) is 4.79 Å². The van der Waals surface area contributed by atoms with Crippen molar-refractivity contribution < 1.29 is 9.63 Å². The van der Waals surface area contributed by atoms with Crippen LogP contribution in [0.5, 0.6) is 0 Å². The fraction of sp³-hybridized carbons (Fsp3) is 0.0667. The second-order valence-corrected chi connectivity index (χ2v) is 5.59. The van der Waals surface area contributed by atoms with Gasteiger partial charge in [0, 0.05) is 10.0 Å². The predicted molar refractivity (Wildman–Crippen MR) is 88.8 cm³/mol. The molecule has 24 heavy (non-hydrogen) atoms. The van der Waals surface area contributed by atoms with Gasteiger partial charge >= 0.3 is 0 Å². The number of halogens is 2. The first-order chi connectivity index (χ1) is 11.6. The van der Waals surface area contributed by atoms with Crippen molar-refractivity contribution in [2.24, 2.45) is 0 Å². The van der Waals surface area contributed by atoms with Gasteiger partial charge in [-0.05, 0) is 41.6 Å². The Bertz CT molecular complexity index is 964. The van der Waals surface area contributed by atoms with Gasteiger partial charge in [-0.1, -0.05) is 28.0 Å². The Labute approximate surface area is 146 Å². The number of amides is 1. The molecule has 3 rings (SSSR count). The van der Waals surface area contributed by atoms with Gasteiger partial charge in [0.15, 0.2) is 6.61 Å². The Morgan fingerprint density at radius 1 is 1.25 bits per heavy atom. The maximum atomic E-state index is 12.0. The summed E-state index contributed by atoms with van der Waals surface area (Å²) in [6.45, 7) is -0.331. The average molecular weight is 362 g/mol. The van der Waals surface area contributed by atoms with Gasteiger partial charge in [-0.15, -0.1) is 5.10 Å². The average Bonchev–Trinajstić information content (AvgIpc) is 2.95. The number of anilines is 1. The number of nitrogens with zero attached hydrogens (tertiary/aromatic N) is 4. The summed E-state index contributed by atoms with van der Waals surface area (Å²) in [7, 11) is 0. The molecule has 0 saturated carbocycles. The molecule has 0 unspecified atom stereocenters. The molecule has 0 bridgehead atoms. The zero-order valence-electron chi connectivity index (χ0n) is 12.0. The summed E-state index contributed by atoms with van der Waals surface area (Å²) in [5.74, 6) is -0.473. The number of nitrogens with one attached hydrogen (secondary N) is 1. The largest absolute Gasteiger partial charge is 0.385 e. The monoisotopic (exact) mass is 361 g/mol. The number of hydrogen-bond acceptors (Lipinski definition) is 5. The number of carbonyl (C=O) groups is 1. The fourth-order valence-electron chi connectivity index (χ4n) is 1.99. The lowest BCUT2D eigenvalue weighted by atomic mass is 10.2. The van der Waals surface area contributed by atoms with Crippen LogP contribution in [0.1, 0.15) is 5.56 Å². The topological polar surface area (TPSA) is 92.8 Å². The maximum Gasteiger partial charge on any atom is 0.265 e. The zero-order chi connectivity index (χ0) is 17.1. The minimum absolute atomic E-state index is 0.297. The van der Waals surface area contributed by atoms with Crippen LogP contribution in [0.25, 0.3) is 11.0 Å². The van der Waals surface area contributed by atoms with Crippen LogP contribution in [0, 0.1) is 11.3 Å². The molecule has 7 nitrogen and oxygen atoms in total. The van der Waals surface area contributed by atoms with Crippen LogP contribution in [0.3, 0.4) is 0 Å². The van der Waals surface area contributed by atoms with E-state index >= 15 is 0 Å². The van der Waals surface area contributed by atoms with Crippen molar-refractivity contribution in [1.29, 1.82) is 5.26 Å². The molecule has 1 amide bonds. The van der Waals surface area contributed by atoms with E-state index in [0.717, 1.165) is 4.85 Å². The molecule has 1 N–H and O–H groups in total. The molecule has 0 aliphatic carbocycles. The Balaban J connectivity index is 1.71. The first-order valence-corrected chi connectivity index (χ1v) is 7.46. The molecule has 9 heteroatoms. The number of aromatic nitrogens is 3. The Morgan fingerprint density at radius 3 is 2.79 bits per heavy atom. The molecular weight excluding hydrogens is 353 g/mol. The van der Waals surface area contributed by atoms with E-state index in [0.29, 0.717) is 32.3 Å². The first-order valence-electron chi connectivity index (χ1n) is 6.70. The van der Waals surface area contributed by atoms with Crippen LogP contribution in [0.4, 0.5) is 5.69 Å². The molecule has 1 aromatic heterocycles. The van der Waals surface area contributed by atoms with E-state index in [1.54, 1.807) is 24.3 Å². The summed E-state index contributed by atoms with van der Waals surface area (Å²) in [4.78, 5) is 18.4. The Kier molecular flexibility index (Phi) is 4.51. The smallest absolute Gasteiger partial charge is 0.265 e. The van der Waals surface area contributed by atoms with Gasteiger partial charge in [0.2, 0.25) is 0 Å². The van der Waals surface area contributed by atoms with Crippen molar-refractivity contribution >= 4 is 45.8 Å². The summed E-state index contributed by atoms with van der Waals surface area (Å²) in [6, 6.07) is 11.5. The van der Waals surface area contributed by atoms with Gasteiger partial charge in [0.05, 0.1) is 11.3 Å². The van der Waals surface area contributed by atoms with E-state index < -0.39 is 5.91 Å². The molecule has 0 aliphatic rings. The first kappa shape index (κ1) is 16.1. The third kappa shape index (κ3) is 3.40. The molecule has 0 radical (unpaired) electrons. The van der Waals surface area contributed by atoms with Crippen molar-refractivity contribution in [2.75, 3.05) is 11.9 Å². The number of fused-ring (bicyclic) bond motifs is 1. The van der Waals surface area contributed by atoms with Crippen molar-refractivity contribution in [3.05, 3.63) is 52.0 Å². The van der Waals surface area contributed by atoms with Crippen LogP contribution in [0.2, 0.25) is 10.0 Å². The standard InChI is InChI=1S/C15H9Cl2N5O2/c16-10-2-1-9(7-18)13(5-10)19-15(23)8-24-22-14-6-11(17)3-4-12(14)20-21-22/h1-6H,8H2,(H,19,23). The number of carbonyl (C=O) groups excluding carboxylic acids is 1. The van der Waals surface area contributed by atoms with E-state index in [1.807, 2.05) is 6.07 Å². The van der Waals surface area contributed by atoms with E-state index in [1.165, 1.54) is 12.1 Å². The van der Waals surface area contributed by atoms with Crippen molar-refractivity contribution in [3.8, 4) is 6.07 Å². The van der Waals surface area contributed by atoms with E-state index in [4.69, 9.17) is 33.3 Å². The minimum atomic E-state index is -0.473. The SMILES string of the molecule is N#Cc1ccc(Cl)cc1NC(=O)COn1nnc2ccc(Cl)cc21. The minimum Gasteiger partial charge on any atom is -0.385 e. The number of benzene rings is 2. The number of hydrogen-bond donors (Lipinski definition) is 1. The molecule has 2 aromatic carbocycles. The Hall–Kier alpha value is -2.82. The van der Waals surface area contributed by atoms with Crippen molar-refractivity contribution in [2.45, 2.75) is 0 Å². The van der Waals surface area contributed by atoms with Gasteiger partial charge in [-0.2, -0.15) is 5.26 Å². The lowest BCUT2D eigenvalue weighted by Gasteiger charge is -2.08. The molecule has 0 atom stereocenters. The molecule has 0 aliphatic heterocycles. The summed E-state index contributed by atoms with van der Waals surface area (Å²) in [6.07, 6.45) is 0. The third-order valence-electron chi connectivity index (χ3n) is 3.07. The lowest BCUT2D eigenvalue weighted by molar-refractivity contribution is -0.121. The zero-order valence-corrected chi connectivity index (χ0v) is 13.5. The molecular formula is C15H9Cl2N5O2. The van der Waals surface area contributed by atoms with Gasteiger partial charge < -0.3 is 10.2 Å². The van der Waals surface area contributed by atoms with Crippen LogP contribution >= 0.6 is 23.2 Å². The quantitative estimate of drug-likeness (QED) is 0.770. The highest BCUT2D eigenvalue weighted by atomic mass is 35.5. The second-order valence-electron chi connectivity index (χ2n) is 4.72. The van der Waals surface area contributed by atoms with E-state index in [-0.39, 0.29) is 6.61 Å². The summed E-state index contributed by atoms with van der Waals surface area (Å²) >= 11 is 11.8. The van der Waals surface area contributed by atoms with E-state index in [2.05, 4.69) is 15.6 Å². The molecule has 0 spiro atoms. The fourth-order valence-corrected chi connectivity index (χ4v) is 2.33. The van der Waals surface area contributed by atoms with Crippen molar-refractivity contribution in [1.82, 2.24) is 15.2 Å². The normalized spacial score (nSPS) is 10.4. The summed E-state index contributed by atoms with van der Waals surface area (Å²) in [5.41, 5.74) is 1.73. The maximum absolute atomic E-state index is 12.0.